The maximum atomic E-state index is 10.3. The van der Waals surface area contributed by atoms with Gasteiger partial charge in [-0.15, -0.1) is 17.0 Å². The first-order valence-electron chi connectivity index (χ1n) is 3.99. The van der Waals surface area contributed by atoms with Crippen molar-refractivity contribution in [2.45, 2.75) is 6.42 Å². The highest BCUT2D eigenvalue weighted by atomic mass is 79.9. The van der Waals surface area contributed by atoms with Crippen LogP contribution < -0.4 is 5.32 Å². The Hall–Kier alpha value is -0.270. The molecule has 82 valence electrons. The molecule has 1 rings (SSSR count). The van der Waals surface area contributed by atoms with Gasteiger partial charge in [-0.2, -0.15) is 0 Å². The molecule has 0 aromatic carbocycles. The third kappa shape index (κ3) is 4.83. The smallest absolute Gasteiger partial charge is 0.304 e. The zero-order chi connectivity index (χ0) is 9.68. The van der Waals surface area contributed by atoms with E-state index in [1.54, 1.807) is 11.8 Å². The highest BCUT2D eigenvalue weighted by Crippen LogP contribution is 2.02. The highest BCUT2D eigenvalue weighted by molar-refractivity contribution is 8.93. The molecule has 0 unspecified atom stereocenters. The summed E-state index contributed by atoms with van der Waals surface area (Å²) in [6.45, 7) is 1.83. The van der Waals surface area contributed by atoms with Crippen molar-refractivity contribution < 1.29 is 9.90 Å². The Morgan fingerprint density at radius 2 is 2.50 bits per heavy atom. The Kier molecular flexibility index (Phi) is 6.94. The monoisotopic (exact) mass is 283 g/mol. The van der Waals surface area contributed by atoms with E-state index in [4.69, 9.17) is 5.11 Å². The van der Waals surface area contributed by atoms with Crippen LogP contribution in [-0.4, -0.2) is 47.3 Å². The fourth-order valence-electron chi connectivity index (χ4n) is 0.990. The number of aliphatic carboxylic acids is 1. The molecular weight excluding hydrogens is 270 g/mol. The van der Waals surface area contributed by atoms with Gasteiger partial charge in [-0.25, -0.2) is 4.99 Å². The van der Waals surface area contributed by atoms with Crippen LogP contribution in [0, 0.1) is 0 Å². The van der Waals surface area contributed by atoms with Gasteiger partial charge in [0.15, 0.2) is 5.17 Å². The number of carboxylic acid groups (broad SMARTS) is 1. The van der Waals surface area contributed by atoms with Gasteiger partial charge in [0.1, 0.15) is 0 Å². The number of halogens is 1. The molecule has 5 nitrogen and oxygen atoms in total. The number of carboxylic acids is 1. The molecule has 7 heteroatoms. The zero-order valence-corrected chi connectivity index (χ0v) is 10.4. The third-order valence-electron chi connectivity index (χ3n) is 1.70. The Morgan fingerprint density at radius 3 is 2.93 bits per heavy atom. The topological polar surface area (TPSA) is 64.9 Å². The molecule has 0 aliphatic carbocycles. The minimum absolute atomic E-state index is 0. The molecule has 0 amide bonds. The van der Waals surface area contributed by atoms with Gasteiger partial charge < -0.3 is 10.4 Å². The summed E-state index contributed by atoms with van der Waals surface area (Å²) in [6.07, 6.45) is 2.13. The number of amidine groups is 1. The fourth-order valence-corrected chi connectivity index (χ4v) is 1.39. The number of hydrogen-bond donors (Lipinski definition) is 2. The van der Waals surface area contributed by atoms with Gasteiger partial charge in [0.25, 0.3) is 0 Å². The van der Waals surface area contributed by atoms with Crippen LogP contribution in [0.3, 0.4) is 0 Å². The van der Waals surface area contributed by atoms with Crippen LogP contribution in [0.5, 0.6) is 0 Å². The second-order valence-corrected chi connectivity index (χ2v) is 3.48. The van der Waals surface area contributed by atoms with Crippen molar-refractivity contribution in [3.63, 3.8) is 0 Å². The molecule has 1 heterocycles. The Bertz CT molecular complexity index is 225. The van der Waals surface area contributed by atoms with Crippen LogP contribution in [-0.2, 0) is 4.79 Å². The fraction of sp³-hybridized carbons (Fsp3) is 0.714. The van der Waals surface area contributed by atoms with Gasteiger partial charge in [-0.1, -0.05) is 11.8 Å². The average Bonchev–Trinajstić information content (AvgIpc) is 2.15. The summed E-state index contributed by atoms with van der Waals surface area (Å²) in [4.78, 5) is 16.4. The standard InChI is InChI=1S/C7H13N3O2S.BrH/c1-13-7-8-4-10(5-9-7)3-2-6(11)12;/h2-5H2,1H3,(H,8,9)(H,11,12);1H. The number of nitrogens with one attached hydrogen (secondary N) is 1. The summed E-state index contributed by atoms with van der Waals surface area (Å²) >= 11 is 1.57. The SMILES string of the molecule is Br.CSC1=NCN(CCC(=O)O)CN1. The van der Waals surface area contributed by atoms with E-state index < -0.39 is 5.97 Å². The van der Waals surface area contributed by atoms with E-state index in [0.717, 1.165) is 5.17 Å². The number of hydrogen-bond acceptors (Lipinski definition) is 5. The van der Waals surface area contributed by atoms with Gasteiger partial charge in [0.2, 0.25) is 0 Å². The maximum Gasteiger partial charge on any atom is 0.304 e. The Balaban J connectivity index is 0.00000169. The summed E-state index contributed by atoms with van der Waals surface area (Å²) in [5.41, 5.74) is 0. The number of rotatable bonds is 3. The van der Waals surface area contributed by atoms with E-state index in [-0.39, 0.29) is 23.4 Å². The van der Waals surface area contributed by atoms with Crippen LogP contribution in [0.2, 0.25) is 0 Å². The van der Waals surface area contributed by atoms with Gasteiger partial charge in [0, 0.05) is 6.54 Å². The Morgan fingerprint density at radius 1 is 1.79 bits per heavy atom. The molecular formula is C7H14BrN3O2S. The largest absolute Gasteiger partial charge is 0.481 e. The lowest BCUT2D eigenvalue weighted by atomic mass is 10.4. The average molecular weight is 284 g/mol. The number of nitrogens with zero attached hydrogens (tertiary/aromatic N) is 2. The minimum Gasteiger partial charge on any atom is -0.481 e. The minimum atomic E-state index is -0.764. The van der Waals surface area contributed by atoms with Crippen molar-refractivity contribution >= 4 is 39.9 Å². The van der Waals surface area contributed by atoms with E-state index in [9.17, 15) is 4.79 Å². The summed E-state index contributed by atoms with van der Waals surface area (Å²) in [5.74, 6) is -0.764. The predicted molar refractivity (Wildman–Crippen MR) is 63.1 cm³/mol. The second kappa shape index (κ2) is 7.08. The lowest BCUT2D eigenvalue weighted by Gasteiger charge is -2.25. The van der Waals surface area contributed by atoms with Gasteiger partial charge in [-0.3, -0.25) is 9.69 Å². The third-order valence-corrected chi connectivity index (χ3v) is 2.36. The maximum absolute atomic E-state index is 10.3. The van der Waals surface area contributed by atoms with Crippen molar-refractivity contribution in [2.24, 2.45) is 4.99 Å². The first-order valence-corrected chi connectivity index (χ1v) is 5.21. The van der Waals surface area contributed by atoms with Gasteiger partial charge in [0.05, 0.1) is 19.8 Å². The molecule has 1 aliphatic heterocycles. The molecule has 0 spiro atoms. The van der Waals surface area contributed by atoms with Crippen LogP contribution in [0.4, 0.5) is 0 Å². The highest BCUT2D eigenvalue weighted by Gasteiger charge is 2.11. The summed E-state index contributed by atoms with van der Waals surface area (Å²) in [7, 11) is 0. The van der Waals surface area contributed by atoms with E-state index in [2.05, 4.69) is 10.3 Å². The van der Waals surface area contributed by atoms with E-state index in [1.165, 1.54) is 0 Å². The molecule has 0 aromatic rings. The van der Waals surface area contributed by atoms with Crippen molar-refractivity contribution in [3.05, 3.63) is 0 Å². The molecule has 0 atom stereocenters. The van der Waals surface area contributed by atoms with Gasteiger partial charge in [-0.05, 0) is 6.26 Å². The lowest BCUT2D eigenvalue weighted by Crippen LogP contribution is -2.42. The van der Waals surface area contributed by atoms with E-state index in [0.29, 0.717) is 19.9 Å². The van der Waals surface area contributed by atoms with Crippen molar-refractivity contribution in [1.29, 1.82) is 0 Å². The molecule has 14 heavy (non-hydrogen) atoms. The second-order valence-electron chi connectivity index (χ2n) is 2.68. The van der Waals surface area contributed by atoms with Crippen LogP contribution >= 0.6 is 28.7 Å². The van der Waals surface area contributed by atoms with Gasteiger partial charge >= 0.3 is 5.97 Å². The van der Waals surface area contributed by atoms with Crippen molar-refractivity contribution in [1.82, 2.24) is 10.2 Å². The lowest BCUT2D eigenvalue weighted by molar-refractivity contribution is -0.137. The van der Waals surface area contributed by atoms with E-state index in [1.807, 2.05) is 11.2 Å². The zero-order valence-electron chi connectivity index (χ0n) is 7.89. The quantitative estimate of drug-likeness (QED) is 0.793. The molecule has 0 saturated heterocycles. The number of thioether (sulfide) groups is 1. The van der Waals surface area contributed by atoms with Crippen molar-refractivity contribution in [2.75, 3.05) is 26.1 Å². The van der Waals surface area contributed by atoms with Crippen LogP contribution in [0.15, 0.2) is 4.99 Å². The first-order chi connectivity index (χ1) is 6.22. The van der Waals surface area contributed by atoms with Crippen LogP contribution in [0.25, 0.3) is 0 Å². The number of aliphatic imine (C=N–C) groups is 1. The summed E-state index contributed by atoms with van der Waals surface area (Å²) in [5, 5.41) is 12.5. The normalized spacial score (nSPS) is 16.5. The molecule has 0 saturated carbocycles. The van der Waals surface area contributed by atoms with E-state index >= 15 is 0 Å². The molecule has 0 fully saturated rings. The Labute approximate surface area is 97.7 Å². The molecule has 1 aliphatic rings. The molecule has 0 aromatic heterocycles. The summed E-state index contributed by atoms with van der Waals surface area (Å²) < 4.78 is 0. The predicted octanol–water partition coefficient (Wildman–Crippen LogP) is 0.578. The molecule has 0 bridgehead atoms. The summed E-state index contributed by atoms with van der Waals surface area (Å²) in [6, 6.07) is 0. The molecule has 2 N–H and O–H groups in total. The first kappa shape index (κ1) is 13.7. The van der Waals surface area contributed by atoms with Crippen molar-refractivity contribution in [3.8, 4) is 0 Å². The van der Waals surface area contributed by atoms with Crippen LogP contribution in [0.1, 0.15) is 6.42 Å². The molecule has 0 radical (unpaired) electrons. The number of carbonyl (C=O) groups is 1.